The Morgan fingerprint density at radius 2 is 2.27 bits per heavy atom. The van der Waals surface area contributed by atoms with Crippen molar-refractivity contribution in [1.82, 2.24) is 0 Å². The molecular weight excluding hydrogens is 194 g/mol. The maximum atomic E-state index is 10.8. The van der Waals surface area contributed by atoms with Crippen LogP contribution in [0.15, 0.2) is 12.1 Å². The largest absolute Gasteiger partial charge is 0.504 e. The van der Waals surface area contributed by atoms with Gasteiger partial charge in [0.05, 0.1) is 7.11 Å². The van der Waals surface area contributed by atoms with Gasteiger partial charge < -0.3 is 15.6 Å². The van der Waals surface area contributed by atoms with E-state index in [4.69, 9.17) is 10.5 Å². The van der Waals surface area contributed by atoms with Crippen LogP contribution in [-0.2, 0) is 6.42 Å². The van der Waals surface area contributed by atoms with Crippen molar-refractivity contribution < 1.29 is 14.6 Å². The molecule has 0 aromatic heterocycles. The highest BCUT2D eigenvalue weighted by atomic mass is 16.5. The number of methoxy groups -OCH3 is 1. The number of ether oxygens (including phenoxy) is 1. The molecule has 0 radical (unpaired) electrons. The zero-order chi connectivity index (χ0) is 11.3. The third kappa shape index (κ3) is 2.70. The van der Waals surface area contributed by atoms with E-state index in [0.717, 1.165) is 18.3 Å². The third-order valence-electron chi connectivity index (χ3n) is 2.22. The molecule has 15 heavy (non-hydrogen) atoms. The van der Waals surface area contributed by atoms with Gasteiger partial charge in [-0.25, -0.2) is 0 Å². The number of aldehydes is 1. The van der Waals surface area contributed by atoms with Gasteiger partial charge in [-0.2, -0.15) is 0 Å². The first kappa shape index (κ1) is 11.5. The molecular formula is C11H15NO3. The number of hydrogen-bond acceptors (Lipinski definition) is 4. The van der Waals surface area contributed by atoms with Gasteiger partial charge in [0.15, 0.2) is 11.5 Å². The molecule has 1 rings (SSSR count). The van der Waals surface area contributed by atoms with Crippen molar-refractivity contribution in [3.05, 3.63) is 23.3 Å². The van der Waals surface area contributed by atoms with Crippen LogP contribution in [-0.4, -0.2) is 25.0 Å². The van der Waals surface area contributed by atoms with Crippen molar-refractivity contribution in [2.24, 2.45) is 5.73 Å². The summed E-state index contributed by atoms with van der Waals surface area (Å²) in [5, 5.41) is 9.54. The number of aromatic hydroxyl groups is 1. The lowest BCUT2D eigenvalue weighted by atomic mass is 10.0. The monoisotopic (exact) mass is 209 g/mol. The van der Waals surface area contributed by atoms with E-state index in [0.29, 0.717) is 24.3 Å². The van der Waals surface area contributed by atoms with Crippen molar-refractivity contribution in [2.45, 2.75) is 12.8 Å². The lowest BCUT2D eigenvalue weighted by Gasteiger charge is -2.08. The summed E-state index contributed by atoms with van der Waals surface area (Å²) in [6.07, 6.45) is 2.22. The Morgan fingerprint density at radius 3 is 2.80 bits per heavy atom. The predicted octanol–water partition coefficient (Wildman–Crippen LogP) is 1.10. The van der Waals surface area contributed by atoms with Gasteiger partial charge in [-0.1, -0.05) is 0 Å². The number of carbonyl (C=O) groups excluding carboxylic acids is 1. The highest BCUT2D eigenvalue weighted by Crippen LogP contribution is 2.29. The second kappa shape index (κ2) is 5.36. The molecule has 0 bridgehead atoms. The van der Waals surface area contributed by atoms with Gasteiger partial charge in [-0.3, -0.25) is 4.79 Å². The Balaban J connectivity index is 3.03. The molecule has 3 N–H and O–H groups in total. The first-order chi connectivity index (χ1) is 7.22. The average Bonchev–Trinajstić information content (AvgIpc) is 2.26. The number of hydrogen-bond donors (Lipinski definition) is 2. The molecule has 1 aromatic rings. The summed E-state index contributed by atoms with van der Waals surface area (Å²) in [4.78, 5) is 10.8. The van der Waals surface area contributed by atoms with E-state index < -0.39 is 0 Å². The highest BCUT2D eigenvalue weighted by molar-refractivity contribution is 5.79. The molecule has 0 aliphatic rings. The van der Waals surface area contributed by atoms with Crippen molar-refractivity contribution in [3.8, 4) is 11.5 Å². The van der Waals surface area contributed by atoms with Gasteiger partial charge in [0.1, 0.15) is 6.29 Å². The number of carbonyl (C=O) groups is 1. The zero-order valence-electron chi connectivity index (χ0n) is 8.69. The van der Waals surface area contributed by atoms with E-state index in [1.165, 1.54) is 13.2 Å². The second-order valence-corrected chi connectivity index (χ2v) is 3.23. The maximum Gasteiger partial charge on any atom is 0.161 e. The number of phenolic OH excluding ortho intramolecular Hbond substituents is 1. The quantitative estimate of drug-likeness (QED) is 0.712. The zero-order valence-corrected chi connectivity index (χ0v) is 8.69. The second-order valence-electron chi connectivity index (χ2n) is 3.23. The molecule has 0 aliphatic carbocycles. The molecule has 4 heteroatoms. The number of rotatable bonds is 5. The van der Waals surface area contributed by atoms with Gasteiger partial charge in [-0.15, -0.1) is 0 Å². The Kier molecular flexibility index (Phi) is 4.12. The van der Waals surface area contributed by atoms with E-state index in [2.05, 4.69) is 0 Å². The van der Waals surface area contributed by atoms with Gasteiger partial charge in [0, 0.05) is 5.56 Å². The molecule has 0 saturated heterocycles. The first-order valence-corrected chi connectivity index (χ1v) is 4.78. The number of phenols is 1. The highest BCUT2D eigenvalue weighted by Gasteiger charge is 2.08. The standard InChI is InChI=1S/C11H15NO3/c1-15-11-6-9(7-13)8(3-2-4-12)5-10(11)14/h5-7,14H,2-4,12H2,1H3. The summed E-state index contributed by atoms with van der Waals surface area (Å²) in [7, 11) is 1.45. The smallest absolute Gasteiger partial charge is 0.161 e. The number of nitrogens with two attached hydrogens (primary N) is 1. The summed E-state index contributed by atoms with van der Waals surface area (Å²) >= 11 is 0. The fourth-order valence-electron chi connectivity index (χ4n) is 1.41. The molecule has 1 aromatic carbocycles. The van der Waals surface area contributed by atoms with Gasteiger partial charge in [-0.05, 0) is 37.1 Å². The molecule has 4 nitrogen and oxygen atoms in total. The van der Waals surface area contributed by atoms with Crippen LogP contribution in [0.4, 0.5) is 0 Å². The molecule has 0 aliphatic heterocycles. The molecule has 0 unspecified atom stereocenters. The van der Waals surface area contributed by atoms with E-state index in [1.807, 2.05) is 0 Å². The van der Waals surface area contributed by atoms with E-state index in [1.54, 1.807) is 6.07 Å². The summed E-state index contributed by atoms with van der Waals surface area (Å²) in [6, 6.07) is 3.09. The van der Waals surface area contributed by atoms with Crippen LogP contribution in [0, 0.1) is 0 Å². The van der Waals surface area contributed by atoms with Gasteiger partial charge in [0.25, 0.3) is 0 Å². The minimum Gasteiger partial charge on any atom is -0.504 e. The van der Waals surface area contributed by atoms with Crippen molar-refractivity contribution in [1.29, 1.82) is 0 Å². The number of aryl methyl sites for hydroxylation is 1. The molecule has 0 spiro atoms. The van der Waals surface area contributed by atoms with Crippen LogP contribution < -0.4 is 10.5 Å². The fourth-order valence-corrected chi connectivity index (χ4v) is 1.41. The van der Waals surface area contributed by atoms with Gasteiger partial charge >= 0.3 is 0 Å². The van der Waals surface area contributed by atoms with E-state index in [-0.39, 0.29) is 5.75 Å². The molecule has 0 heterocycles. The van der Waals surface area contributed by atoms with Gasteiger partial charge in [0.2, 0.25) is 0 Å². The van der Waals surface area contributed by atoms with E-state index in [9.17, 15) is 9.90 Å². The van der Waals surface area contributed by atoms with Crippen LogP contribution in [0.5, 0.6) is 11.5 Å². The minimum atomic E-state index is 0.0510. The molecule has 0 saturated carbocycles. The third-order valence-corrected chi connectivity index (χ3v) is 2.22. The molecule has 82 valence electrons. The predicted molar refractivity (Wildman–Crippen MR) is 57.4 cm³/mol. The normalized spacial score (nSPS) is 10.0. The van der Waals surface area contributed by atoms with Crippen molar-refractivity contribution in [2.75, 3.05) is 13.7 Å². The first-order valence-electron chi connectivity index (χ1n) is 4.78. The van der Waals surface area contributed by atoms with Crippen LogP contribution >= 0.6 is 0 Å². The summed E-state index contributed by atoms with van der Waals surface area (Å²) in [5.74, 6) is 0.365. The summed E-state index contributed by atoms with van der Waals surface area (Å²) < 4.78 is 4.91. The van der Waals surface area contributed by atoms with Crippen molar-refractivity contribution >= 4 is 6.29 Å². The summed E-state index contributed by atoms with van der Waals surface area (Å²) in [6.45, 7) is 0.561. The minimum absolute atomic E-state index is 0.0510. The molecule has 0 atom stereocenters. The Morgan fingerprint density at radius 1 is 1.53 bits per heavy atom. The van der Waals surface area contributed by atoms with Crippen LogP contribution in [0.25, 0.3) is 0 Å². The average molecular weight is 209 g/mol. The maximum absolute atomic E-state index is 10.8. The lowest BCUT2D eigenvalue weighted by molar-refractivity contribution is 0.112. The Hall–Kier alpha value is -1.55. The molecule has 0 fully saturated rings. The molecule has 0 amide bonds. The summed E-state index contributed by atoms with van der Waals surface area (Å²) in [5.41, 5.74) is 6.73. The Labute approximate surface area is 88.7 Å². The fraction of sp³-hybridized carbons (Fsp3) is 0.364. The van der Waals surface area contributed by atoms with Crippen LogP contribution in [0.3, 0.4) is 0 Å². The lowest BCUT2D eigenvalue weighted by Crippen LogP contribution is -2.02. The van der Waals surface area contributed by atoms with Crippen LogP contribution in [0.2, 0.25) is 0 Å². The topological polar surface area (TPSA) is 72.5 Å². The van der Waals surface area contributed by atoms with Crippen molar-refractivity contribution in [3.63, 3.8) is 0 Å². The van der Waals surface area contributed by atoms with E-state index >= 15 is 0 Å². The number of benzene rings is 1. The van der Waals surface area contributed by atoms with Crippen LogP contribution in [0.1, 0.15) is 22.3 Å². The SMILES string of the molecule is COc1cc(C=O)c(CCCN)cc1O. The Bertz CT molecular complexity index is 350.